The third kappa shape index (κ3) is 2.74. The van der Waals surface area contributed by atoms with E-state index in [0.29, 0.717) is 6.54 Å². The van der Waals surface area contributed by atoms with Gasteiger partial charge in [0.15, 0.2) is 0 Å². The summed E-state index contributed by atoms with van der Waals surface area (Å²) in [6.07, 6.45) is 1.77. The van der Waals surface area contributed by atoms with Gasteiger partial charge in [0.05, 0.1) is 0 Å². The fraction of sp³-hybridized carbons (Fsp3) is 0.278. The van der Waals surface area contributed by atoms with Crippen LogP contribution in [0.4, 0.5) is 0 Å². The van der Waals surface area contributed by atoms with Gasteiger partial charge in [-0.05, 0) is 37.6 Å². The topological polar surface area (TPSA) is 20.3 Å². The van der Waals surface area contributed by atoms with Gasteiger partial charge >= 0.3 is 0 Å². The lowest BCUT2D eigenvalue weighted by atomic mass is 10.00. The second-order valence-electron chi connectivity index (χ2n) is 5.90. The number of carbonyl (C=O) groups excluding carboxylic acids is 1. The number of hydrogen-bond acceptors (Lipinski definition) is 1. The molecule has 0 aliphatic rings. The number of rotatable bonds is 3. The molecule has 0 heterocycles. The Labute approximate surface area is 120 Å². The highest BCUT2D eigenvalue weighted by Crippen LogP contribution is 2.23. The molecule has 2 heteroatoms. The summed E-state index contributed by atoms with van der Waals surface area (Å²) in [5, 5.41) is 2.09. The fourth-order valence-electron chi connectivity index (χ4n) is 2.35. The number of amides is 1. The number of hydrogen-bond donors (Lipinski definition) is 0. The smallest absolute Gasteiger partial charge is 0.255 e. The van der Waals surface area contributed by atoms with Crippen molar-refractivity contribution in [1.82, 2.24) is 4.90 Å². The van der Waals surface area contributed by atoms with Crippen molar-refractivity contribution in [2.24, 2.45) is 0 Å². The Hall–Kier alpha value is -2.09. The molecule has 0 aliphatic carbocycles. The van der Waals surface area contributed by atoms with Gasteiger partial charge in [-0.25, -0.2) is 0 Å². The van der Waals surface area contributed by atoms with Crippen LogP contribution in [0.15, 0.2) is 55.1 Å². The van der Waals surface area contributed by atoms with Gasteiger partial charge in [0.25, 0.3) is 5.91 Å². The van der Waals surface area contributed by atoms with E-state index in [2.05, 4.69) is 6.58 Å². The van der Waals surface area contributed by atoms with Gasteiger partial charge in [0, 0.05) is 17.6 Å². The molecule has 0 saturated heterocycles. The molecule has 1 amide bonds. The van der Waals surface area contributed by atoms with Crippen molar-refractivity contribution >= 4 is 16.7 Å². The largest absolute Gasteiger partial charge is 0.330 e. The van der Waals surface area contributed by atoms with Crippen molar-refractivity contribution in [3.05, 3.63) is 60.7 Å². The normalized spacial score (nSPS) is 11.3. The van der Waals surface area contributed by atoms with Gasteiger partial charge in [-0.2, -0.15) is 0 Å². The zero-order chi connectivity index (χ0) is 14.8. The summed E-state index contributed by atoms with van der Waals surface area (Å²) in [4.78, 5) is 14.7. The van der Waals surface area contributed by atoms with Crippen LogP contribution in [0.5, 0.6) is 0 Å². The number of benzene rings is 2. The highest BCUT2D eigenvalue weighted by molar-refractivity contribution is 6.07. The second kappa shape index (κ2) is 5.49. The summed E-state index contributed by atoms with van der Waals surface area (Å²) in [5.74, 6) is 0.0502. The molecule has 2 nitrogen and oxygen atoms in total. The Bertz CT molecular complexity index is 632. The SMILES string of the molecule is C=CCN(C(=O)c1cccc2ccccc12)C(C)(C)C. The van der Waals surface area contributed by atoms with Crippen LogP contribution in [0.3, 0.4) is 0 Å². The third-order valence-electron chi connectivity index (χ3n) is 3.39. The summed E-state index contributed by atoms with van der Waals surface area (Å²) >= 11 is 0. The van der Waals surface area contributed by atoms with Crippen LogP contribution in [-0.4, -0.2) is 22.9 Å². The van der Waals surface area contributed by atoms with E-state index in [1.807, 2.05) is 68.1 Å². The minimum absolute atomic E-state index is 0.0502. The van der Waals surface area contributed by atoms with Crippen LogP contribution in [0, 0.1) is 0 Å². The van der Waals surface area contributed by atoms with Crippen LogP contribution in [0.25, 0.3) is 10.8 Å². The standard InChI is InChI=1S/C18H21NO/c1-5-13-19(18(2,3)4)17(20)16-12-8-10-14-9-6-7-11-15(14)16/h5-12H,1,13H2,2-4H3. The molecule has 2 aromatic rings. The predicted molar refractivity (Wildman–Crippen MR) is 84.9 cm³/mol. The lowest BCUT2D eigenvalue weighted by Crippen LogP contribution is -2.45. The van der Waals surface area contributed by atoms with Gasteiger partial charge in [-0.15, -0.1) is 6.58 Å². The van der Waals surface area contributed by atoms with Crippen LogP contribution in [0.1, 0.15) is 31.1 Å². The molecule has 0 fully saturated rings. The molecule has 104 valence electrons. The first-order valence-electron chi connectivity index (χ1n) is 6.86. The van der Waals surface area contributed by atoms with Gasteiger partial charge in [-0.1, -0.05) is 42.5 Å². The second-order valence-corrected chi connectivity index (χ2v) is 5.90. The highest BCUT2D eigenvalue weighted by Gasteiger charge is 2.27. The molecule has 0 saturated carbocycles. The Kier molecular flexibility index (Phi) is 3.93. The summed E-state index contributed by atoms with van der Waals surface area (Å²) in [6.45, 7) is 10.4. The lowest BCUT2D eigenvalue weighted by Gasteiger charge is -2.35. The maximum absolute atomic E-state index is 12.9. The van der Waals surface area contributed by atoms with Crippen LogP contribution in [-0.2, 0) is 0 Å². The number of fused-ring (bicyclic) bond motifs is 1. The van der Waals surface area contributed by atoms with E-state index in [9.17, 15) is 4.79 Å². The van der Waals surface area contributed by atoms with Crippen LogP contribution < -0.4 is 0 Å². The Morgan fingerprint density at radius 3 is 2.45 bits per heavy atom. The van der Waals surface area contributed by atoms with E-state index in [4.69, 9.17) is 0 Å². The molecular formula is C18H21NO. The molecule has 0 spiro atoms. The van der Waals surface area contributed by atoms with Crippen molar-refractivity contribution in [3.63, 3.8) is 0 Å². The molecule has 2 rings (SSSR count). The average molecular weight is 267 g/mol. The molecule has 0 bridgehead atoms. The first-order valence-corrected chi connectivity index (χ1v) is 6.86. The van der Waals surface area contributed by atoms with Crippen molar-refractivity contribution in [3.8, 4) is 0 Å². The summed E-state index contributed by atoms with van der Waals surface area (Å²) in [5.41, 5.74) is 0.516. The predicted octanol–water partition coefficient (Wildman–Crippen LogP) is 4.27. The quantitative estimate of drug-likeness (QED) is 0.761. The summed E-state index contributed by atoms with van der Waals surface area (Å²) in [6, 6.07) is 13.8. The molecule has 0 aliphatic heterocycles. The highest BCUT2D eigenvalue weighted by atomic mass is 16.2. The van der Waals surface area contributed by atoms with Crippen molar-refractivity contribution in [1.29, 1.82) is 0 Å². The number of nitrogens with zero attached hydrogens (tertiary/aromatic N) is 1. The zero-order valence-corrected chi connectivity index (χ0v) is 12.4. The molecule has 2 aromatic carbocycles. The summed E-state index contributed by atoms with van der Waals surface area (Å²) < 4.78 is 0. The lowest BCUT2D eigenvalue weighted by molar-refractivity contribution is 0.0619. The monoisotopic (exact) mass is 267 g/mol. The van der Waals surface area contributed by atoms with Gasteiger partial charge in [0.2, 0.25) is 0 Å². The van der Waals surface area contributed by atoms with E-state index in [-0.39, 0.29) is 11.4 Å². The van der Waals surface area contributed by atoms with Crippen LogP contribution in [0.2, 0.25) is 0 Å². The zero-order valence-electron chi connectivity index (χ0n) is 12.4. The van der Waals surface area contributed by atoms with E-state index < -0.39 is 0 Å². The van der Waals surface area contributed by atoms with Crippen molar-refractivity contribution < 1.29 is 4.79 Å². The molecule has 0 aromatic heterocycles. The van der Waals surface area contributed by atoms with E-state index >= 15 is 0 Å². The van der Waals surface area contributed by atoms with Crippen LogP contribution >= 0.6 is 0 Å². The fourth-order valence-corrected chi connectivity index (χ4v) is 2.35. The third-order valence-corrected chi connectivity index (χ3v) is 3.39. The van der Waals surface area contributed by atoms with E-state index in [1.165, 1.54) is 0 Å². The molecule has 0 atom stereocenters. The van der Waals surface area contributed by atoms with Gasteiger partial charge < -0.3 is 4.90 Å². The Morgan fingerprint density at radius 1 is 1.15 bits per heavy atom. The Morgan fingerprint density at radius 2 is 1.80 bits per heavy atom. The van der Waals surface area contributed by atoms with E-state index in [0.717, 1.165) is 16.3 Å². The average Bonchev–Trinajstić information content (AvgIpc) is 2.42. The summed E-state index contributed by atoms with van der Waals surface area (Å²) in [7, 11) is 0. The molecule has 0 unspecified atom stereocenters. The molecule has 0 N–H and O–H groups in total. The first-order chi connectivity index (χ1) is 9.45. The maximum Gasteiger partial charge on any atom is 0.255 e. The van der Waals surface area contributed by atoms with Crippen molar-refractivity contribution in [2.45, 2.75) is 26.3 Å². The van der Waals surface area contributed by atoms with Gasteiger partial charge in [0.1, 0.15) is 0 Å². The molecular weight excluding hydrogens is 246 g/mol. The minimum atomic E-state index is -0.234. The first kappa shape index (κ1) is 14.3. The number of carbonyl (C=O) groups is 1. The van der Waals surface area contributed by atoms with Crippen molar-refractivity contribution in [2.75, 3.05) is 6.54 Å². The minimum Gasteiger partial charge on any atom is -0.330 e. The van der Waals surface area contributed by atoms with E-state index in [1.54, 1.807) is 6.08 Å². The maximum atomic E-state index is 12.9. The van der Waals surface area contributed by atoms with Gasteiger partial charge in [-0.3, -0.25) is 4.79 Å². The molecule has 0 radical (unpaired) electrons. The Balaban J connectivity index is 2.52. The molecule has 20 heavy (non-hydrogen) atoms.